The van der Waals surface area contributed by atoms with Gasteiger partial charge in [0.15, 0.2) is 5.13 Å². The van der Waals surface area contributed by atoms with Crippen molar-refractivity contribution >= 4 is 22.9 Å². The molecule has 7 nitrogen and oxygen atoms in total. The lowest BCUT2D eigenvalue weighted by atomic mass is 9.77. The molecule has 1 fully saturated rings. The Labute approximate surface area is 184 Å². The van der Waals surface area contributed by atoms with Gasteiger partial charge in [-0.25, -0.2) is 4.98 Å². The van der Waals surface area contributed by atoms with Crippen LogP contribution in [0.5, 0.6) is 5.75 Å². The van der Waals surface area contributed by atoms with Crippen molar-refractivity contribution in [2.75, 3.05) is 25.1 Å². The number of ether oxygens (including phenoxy) is 1. The zero-order chi connectivity index (χ0) is 21.8. The first-order valence-electron chi connectivity index (χ1n) is 10.2. The molecular formula is C23H25N3O4S. The van der Waals surface area contributed by atoms with Gasteiger partial charge in [0.05, 0.1) is 7.11 Å². The van der Waals surface area contributed by atoms with E-state index < -0.39 is 0 Å². The van der Waals surface area contributed by atoms with Gasteiger partial charge in [-0.15, -0.1) is 11.3 Å². The highest BCUT2D eigenvalue weighted by atomic mass is 32.1. The van der Waals surface area contributed by atoms with Gasteiger partial charge in [0.2, 0.25) is 0 Å². The number of rotatable bonds is 4. The lowest BCUT2D eigenvalue weighted by Crippen LogP contribution is -2.50. The summed E-state index contributed by atoms with van der Waals surface area (Å²) < 4.78 is 7.47. The molecule has 3 atom stereocenters. The number of benzene rings is 1. The number of anilines is 1. The minimum atomic E-state index is -0.250. The largest absolute Gasteiger partial charge is 0.497 e. The van der Waals surface area contributed by atoms with Crippen molar-refractivity contribution in [3.8, 4) is 5.75 Å². The van der Waals surface area contributed by atoms with Crippen molar-refractivity contribution in [3.05, 3.63) is 75.7 Å². The molecule has 0 amide bonds. The summed E-state index contributed by atoms with van der Waals surface area (Å²) in [7, 11) is 1.69. The molecule has 1 N–H and O–H groups in total. The summed E-state index contributed by atoms with van der Waals surface area (Å²) in [5.74, 6) is 1.65. The van der Waals surface area contributed by atoms with Crippen LogP contribution in [-0.4, -0.2) is 41.3 Å². The van der Waals surface area contributed by atoms with Crippen LogP contribution in [0, 0.1) is 5.92 Å². The molecule has 0 saturated carbocycles. The standard InChI is InChI=1S/C22H23N3O2S.CH2O2/c1-27-18-5-2-4-15(10-18)11-20-17-12-16(19-6-3-7-21(26)25(19)20)13-24(14-17)22-23-8-9-28-22;2-1-3/h2-10,16-17,20H,11-14H2,1H3;1H,(H,2,3)/t16-,17+,20+;/m1./s1. The van der Waals surface area contributed by atoms with E-state index >= 15 is 0 Å². The number of hydrogen-bond acceptors (Lipinski definition) is 6. The zero-order valence-electron chi connectivity index (χ0n) is 17.3. The van der Waals surface area contributed by atoms with Crippen molar-refractivity contribution in [1.82, 2.24) is 9.55 Å². The van der Waals surface area contributed by atoms with Crippen molar-refractivity contribution in [1.29, 1.82) is 0 Å². The van der Waals surface area contributed by atoms with Gasteiger partial charge in [-0.3, -0.25) is 9.59 Å². The Morgan fingerprint density at radius 2 is 2.06 bits per heavy atom. The molecule has 1 aromatic carbocycles. The van der Waals surface area contributed by atoms with Gasteiger partial charge >= 0.3 is 0 Å². The van der Waals surface area contributed by atoms with Crippen LogP contribution in [0.15, 0.2) is 58.8 Å². The lowest BCUT2D eigenvalue weighted by Gasteiger charge is -2.47. The Hall–Kier alpha value is -3.13. The van der Waals surface area contributed by atoms with E-state index in [0.29, 0.717) is 11.8 Å². The van der Waals surface area contributed by atoms with Gasteiger partial charge in [0.1, 0.15) is 5.75 Å². The normalized spacial score (nSPS) is 21.5. The molecule has 162 valence electrons. The van der Waals surface area contributed by atoms with Crippen LogP contribution in [0.25, 0.3) is 0 Å². The summed E-state index contributed by atoms with van der Waals surface area (Å²) in [4.78, 5) is 28.1. The quantitative estimate of drug-likeness (QED) is 0.627. The molecular weight excluding hydrogens is 414 g/mol. The predicted molar refractivity (Wildman–Crippen MR) is 120 cm³/mol. The molecule has 0 unspecified atom stereocenters. The highest BCUT2D eigenvalue weighted by Crippen LogP contribution is 2.43. The van der Waals surface area contributed by atoms with Crippen LogP contribution in [0.1, 0.15) is 29.6 Å². The molecule has 3 aromatic rings. The minimum Gasteiger partial charge on any atom is -0.497 e. The Morgan fingerprint density at radius 3 is 2.81 bits per heavy atom. The lowest BCUT2D eigenvalue weighted by molar-refractivity contribution is -0.122. The summed E-state index contributed by atoms with van der Waals surface area (Å²) in [6, 6.07) is 14.1. The molecule has 31 heavy (non-hydrogen) atoms. The smallest absolute Gasteiger partial charge is 0.290 e. The maximum absolute atomic E-state index is 12.8. The predicted octanol–water partition coefficient (Wildman–Crippen LogP) is 3.42. The Balaban J connectivity index is 0.000000730. The monoisotopic (exact) mass is 439 g/mol. The first-order chi connectivity index (χ1) is 15.1. The van der Waals surface area contributed by atoms with E-state index in [0.717, 1.165) is 42.5 Å². The van der Waals surface area contributed by atoms with Gasteiger partial charge in [-0.1, -0.05) is 18.2 Å². The van der Waals surface area contributed by atoms with Gasteiger partial charge in [-0.05, 0) is 42.5 Å². The number of thiazole rings is 1. The summed E-state index contributed by atoms with van der Waals surface area (Å²) >= 11 is 1.69. The first-order valence-corrected chi connectivity index (χ1v) is 11.1. The van der Waals surface area contributed by atoms with E-state index in [1.54, 1.807) is 24.5 Å². The number of carbonyl (C=O) groups is 1. The number of pyridine rings is 1. The summed E-state index contributed by atoms with van der Waals surface area (Å²) in [6.07, 6.45) is 3.83. The van der Waals surface area contributed by atoms with Gasteiger partial charge in [0.25, 0.3) is 12.0 Å². The molecule has 1 saturated heterocycles. The number of hydrogen-bond donors (Lipinski definition) is 1. The highest BCUT2D eigenvalue weighted by Gasteiger charge is 2.41. The second-order valence-corrected chi connectivity index (χ2v) is 8.67. The van der Waals surface area contributed by atoms with E-state index in [1.165, 1.54) is 5.56 Å². The van der Waals surface area contributed by atoms with Crippen molar-refractivity contribution < 1.29 is 14.6 Å². The van der Waals surface area contributed by atoms with E-state index in [9.17, 15) is 4.79 Å². The molecule has 0 aliphatic carbocycles. The van der Waals surface area contributed by atoms with Crippen LogP contribution < -0.4 is 15.2 Å². The number of aromatic nitrogens is 2. The molecule has 2 aliphatic rings. The third-order valence-corrected chi connectivity index (χ3v) is 6.90. The molecule has 0 radical (unpaired) electrons. The van der Waals surface area contributed by atoms with Gasteiger partial charge in [0, 0.05) is 48.4 Å². The minimum absolute atomic E-state index is 0.114. The van der Waals surface area contributed by atoms with Crippen LogP contribution in [0.4, 0.5) is 5.13 Å². The molecule has 5 rings (SSSR count). The topological polar surface area (TPSA) is 84.7 Å². The second kappa shape index (κ2) is 9.34. The maximum atomic E-state index is 12.8. The first kappa shape index (κ1) is 21.1. The molecule has 4 heterocycles. The Morgan fingerprint density at radius 1 is 1.26 bits per heavy atom. The summed E-state index contributed by atoms with van der Waals surface area (Å²) in [6.45, 7) is 1.62. The fraction of sp³-hybridized carbons (Fsp3) is 0.348. The van der Waals surface area contributed by atoms with Crippen molar-refractivity contribution in [3.63, 3.8) is 0 Å². The zero-order valence-corrected chi connectivity index (χ0v) is 18.1. The molecule has 2 aliphatic heterocycles. The van der Waals surface area contributed by atoms with Gasteiger partial charge in [-0.2, -0.15) is 0 Å². The second-order valence-electron chi connectivity index (χ2n) is 7.80. The van der Waals surface area contributed by atoms with E-state index in [1.807, 2.05) is 29.8 Å². The van der Waals surface area contributed by atoms with Crippen LogP contribution >= 0.6 is 11.3 Å². The van der Waals surface area contributed by atoms with Crippen LogP contribution in [0.3, 0.4) is 0 Å². The summed E-state index contributed by atoms with van der Waals surface area (Å²) in [5.41, 5.74) is 2.48. The van der Waals surface area contributed by atoms with Crippen LogP contribution in [-0.2, 0) is 11.2 Å². The molecule has 2 aromatic heterocycles. The molecule has 8 heteroatoms. The fourth-order valence-electron chi connectivity index (χ4n) is 4.87. The van der Waals surface area contributed by atoms with Crippen molar-refractivity contribution in [2.24, 2.45) is 5.92 Å². The number of methoxy groups -OCH3 is 1. The van der Waals surface area contributed by atoms with E-state index in [2.05, 4.69) is 32.7 Å². The van der Waals surface area contributed by atoms with E-state index in [4.69, 9.17) is 14.6 Å². The number of fused-ring (bicyclic) bond motifs is 4. The van der Waals surface area contributed by atoms with Crippen molar-refractivity contribution in [2.45, 2.75) is 24.8 Å². The average Bonchev–Trinajstić information content (AvgIpc) is 3.32. The molecule has 0 spiro atoms. The van der Waals surface area contributed by atoms with E-state index in [-0.39, 0.29) is 18.1 Å². The average molecular weight is 440 g/mol. The Kier molecular flexibility index (Phi) is 6.36. The number of nitrogens with zero attached hydrogens (tertiary/aromatic N) is 3. The summed E-state index contributed by atoms with van der Waals surface area (Å²) in [5, 5.41) is 10.0. The third-order valence-electron chi connectivity index (χ3n) is 6.07. The highest BCUT2D eigenvalue weighted by molar-refractivity contribution is 7.13. The van der Waals surface area contributed by atoms with Gasteiger partial charge < -0.3 is 19.3 Å². The fourth-order valence-corrected chi connectivity index (χ4v) is 5.54. The maximum Gasteiger partial charge on any atom is 0.290 e. The van der Waals surface area contributed by atoms with Crippen LogP contribution in [0.2, 0.25) is 0 Å². The number of piperidine rings is 1. The Bertz CT molecular complexity index is 1080. The number of carboxylic acid groups (broad SMARTS) is 1. The SMILES string of the molecule is COc1cccc(C[C@H]2[C@H]3C[C@H](CN(c4nccs4)C3)c3cccc(=O)n32)c1.O=CO. The molecule has 2 bridgehead atoms. The third kappa shape index (κ3) is 4.34.